The second-order valence-corrected chi connectivity index (χ2v) is 8.78. The first-order chi connectivity index (χ1) is 11.8. The number of fused-ring (bicyclic) bond motifs is 1. The third-order valence-electron chi connectivity index (χ3n) is 6.78. The highest BCUT2D eigenvalue weighted by Gasteiger charge is 2.54. The fourth-order valence-corrected chi connectivity index (χ4v) is 3.89. The Morgan fingerprint density at radius 2 is 1.85 bits per heavy atom. The second kappa shape index (κ2) is 6.46. The van der Waals surface area contributed by atoms with Gasteiger partial charge in [-0.05, 0) is 44.4 Å². The summed E-state index contributed by atoms with van der Waals surface area (Å²) in [6.45, 7) is 11.5. The molecule has 1 aromatic carbocycles. The molecule has 0 atom stereocenters. The van der Waals surface area contributed by atoms with Crippen molar-refractivity contribution in [3.63, 3.8) is 0 Å². The minimum Gasteiger partial charge on any atom is -0.454 e. The van der Waals surface area contributed by atoms with Gasteiger partial charge >= 0.3 is 0 Å². The topological polar surface area (TPSA) is 46.1 Å². The molecular formula is C20H30IN3O2. The van der Waals surface area contributed by atoms with Crippen LogP contribution in [-0.4, -0.2) is 43.3 Å². The predicted molar refractivity (Wildman–Crippen MR) is 115 cm³/mol. The van der Waals surface area contributed by atoms with E-state index >= 15 is 0 Å². The summed E-state index contributed by atoms with van der Waals surface area (Å²) < 4.78 is 11.0. The lowest BCUT2D eigenvalue weighted by molar-refractivity contribution is -0.0667. The maximum absolute atomic E-state index is 5.55. The van der Waals surface area contributed by atoms with Crippen LogP contribution in [0.25, 0.3) is 0 Å². The quantitative estimate of drug-likeness (QED) is 0.415. The largest absolute Gasteiger partial charge is 0.454 e. The molecule has 0 bridgehead atoms. The normalized spacial score (nSPS) is 23.7. The van der Waals surface area contributed by atoms with E-state index in [1.807, 2.05) is 13.1 Å². The van der Waals surface area contributed by atoms with E-state index in [4.69, 9.17) is 9.47 Å². The van der Waals surface area contributed by atoms with E-state index in [1.165, 1.54) is 18.4 Å². The van der Waals surface area contributed by atoms with Gasteiger partial charge in [0.05, 0.1) is 0 Å². The van der Waals surface area contributed by atoms with Gasteiger partial charge in [0.1, 0.15) is 0 Å². The summed E-state index contributed by atoms with van der Waals surface area (Å²) in [7, 11) is 1.88. The third-order valence-corrected chi connectivity index (χ3v) is 6.78. The standard InChI is InChI=1S/C20H29N3O2.HI/c1-18(2)12-23(19(18,3)4)17(21-5)22-11-20(8-9-20)14-6-7-15-16(10-14)25-13-24-15;/h6-7,10H,8-9,11-13H2,1-5H3,(H,21,22);1H. The van der Waals surface area contributed by atoms with E-state index in [9.17, 15) is 0 Å². The minimum atomic E-state index is 0. The molecule has 6 heteroatoms. The number of rotatable bonds is 3. The Morgan fingerprint density at radius 1 is 1.15 bits per heavy atom. The van der Waals surface area contributed by atoms with Crippen molar-refractivity contribution in [3.05, 3.63) is 23.8 Å². The Balaban J connectivity index is 0.00000196. The average Bonchev–Trinajstić information content (AvgIpc) is 3.22. The van der Waals surface area contributed by atoms with E-state index in [-0.39, 0.29) is 34.9 Å². The van der Waals surface area contributed by atoms with Crippen LogP contribution in [0.5, 0.6) is 11.5 Å². The highest BCUT2D eigenvalue weighted by atomic mass is 127. The molecule has 1 aromatic rings. The lowest BCUT2D eigenvalue weighted by Crippen LogP contribution is -2.72. The maximum Gasteiger partial charge on any atom is 0.231 e. The van der Waals surface area contributed by atoms with E-state index in [1.54, 1.807) is 0 Å². The van der Waals surface area contributed by atoms with Gasteiger partial charge in [0.25, 0.3) is 0 Å². The number of guanidine groups is 1. The Labute approximate surface area is 173 Å². The monoisotopic (exact) mass is 471 g/mol. The smallest absolute Gasteiger partial charge is 0.231 e. The molecule has 0 amide bonds. The van der Waals surface area contributed by atoms with Crippen molar-refractivity contribution in [1.29, 1.82) is 0 Å². The number of hydrogen-bond donors (Lipinski definition) is 1. The van der Waals surface area contributed by atoms with Gasteiger partial charge in [-0.3, -0.25) is 4.99 Å². The second-order valence-electron chi connectivity index (χ2n) is 8.78. The van der Waals surface area contributed by atoms with Crippen molar-refractivity contribution < 1.29 is 9.47 Å². The minimum absolute atomic E-state index is 0. The van der Waals surface area contributed by atoms with Crippen LogP contribution >= 0.6 is 24.0 Å². The summed E-state index contributed by atoms with van der Waals surface area (Å²) in [5, 5.41) is 3.64. The molecule has 2 fully saturated rings. The molecular weight excluding hydrogens is 441 g/mol. The summed E-state index contributed by atoms with van der Waals surface area (Å²) in [6, 6.07) is 6.37. The van der Waals surface area contributed by atoms with Crippen LogP contribution in [0.3, 0.4) is 0 Å². The maximum atomic E-state index is 5.55. The molecule has 3 aliphatic rings. The highest BCUT2D eigenvalue weighted by Crippen LogP contribution is 2.50. The molecule has 0 radical (unpaired) electrons. The average molecular weight is 471 g/mol. The number of aliphatic imine (C=N–C) groups is 1. The number of nitrogens with zero attached hydrogens (tertiary/aromatic N) is 2. The van der Waals surface area contributed by atoms with E-state index in [2.05, 4.69) is 55.0 Å². The van der Waals surface area contributed by atoms with Crippen molar-refractivity contribution in [2.24, 2.45) is 10.4 Å². The Kier molecular flexibility index (Phi) is 4.86. The van der Waals surface area contributed by atoms with Crippen LogP contribution in [0.1, 0.15) is 46.1 Å². The highest BCUT2D eigenvalue weighted by molar-refractivity contribution is 14.0. The van der Waals surface area contributed by atoms with Crippen molar-refractivity contribution in [2.75, 3.05) is 26.9 Å². The fraction of sp³-hybridized carbons (Fsp3) is 0.650. The summed E-state index contributed by atoms with van der Waals surface area (Å²) >= 11 is 0. The van der Waals surface area contributed by atoms with Crippen LogP contribution in [-0.2, 0) is 5.41 Å². The van der Waals surface area contributed by atoms with Crippen LogP contribution in [0.15, 0.2) is 23.2 Å². The molecule has 1 N–H and O–H groups in total. The molecule has 0 aromatic heterocycles. The summed E-state index contributed by atoms with van der Waals surface area (Å²) in [6.07, 6.45) is 2.40. The van der Waals surface area contributed by atoms with Gasteiger partial charge in [-0.25, -0.2) is 0 Å². The number of halogens is 1. The van der Waals surface area contributed by atoms with Crippen molar-refractivity contribution >= 4 is 29.9 Å². The number of likely N-dealkylation sites (tertiary alicyclic amines) is 1. The van der Waals surface area contributed by atoms with Gasteiger partial charge in [-0.1, -0.05) is 19.9 Å². The molecule has 0 spiro atoms. The number of hydrogen-bond acceptors (Lipinski definition) is 3. The van der Waals surface area contributed by atoms with E-state index < -0.39 is 0 Å². The lowest BCUT2D eigenvalue weighted by Gasteiger charge is -2.62. The first-order valence-corrected chi connectivity index (χ1v) is 9.18. The lowest BCUT2D eigenvalue weighted by atomic mass is 9.65. The van der Waals surface area contributed by atoms with E-state index in [0.717, 1.165) is 30.5 Å². The van der Waals surface area contributed by atoms with Crippen LogP contribution in [0.2, 0.25) is 0 Å². The van der Waals surface area contributed by atoms with Crippen LogP contribution in [0.4, 0.5) is 0 Å². The number of ether oxygens (including phenoxy) is 2. The Bertz CT molecular complexity index is 726. The van der Waals surface area contributed by atoms with Crippen molar-refractivity contribution in [1.82, 2.24) is 10.2 Å². The van der Waals surface area contributed by atoms with Crippen LogP contribution in [0, 0.1) is 5.41 Å². The van der Waals surface area contributed by atoms with Gasteiger partial charge in [0, 0.05) is 36.5 Å². The molecule has 144 valence electrons. The predicted octanol–water partition coefficient (Wildman–Crippen LogP) is 3.76. The molecule has 4 rings (SSSR count). The fourth-order valence-electron chi connectivity index (χ4n) is 3.89. The van der Waals surface area contributed by atoms with Gasteiger partial charge in [0.15, 0.2) is 17.5 Å². The van der Waals surface area contributed by atoms with Gasteiger partial charge < -0.3 is 19.7 Å². The third kappa shape index (κ3) is 2.94. The Hall–Kier alpha value is -1.18. The van der Waals surface area contributed by atoms with Gasteiger partial charge in [0.2, 0.25) is 6.79 Å². The molecule has 2 heterocycles. The zero-order chi connectivity index (χ0) is 17.9. The number of nitrogens with one attached hydrogen (secondary N) is 1. The molecule has 26 heavy (non-hydrogen) atoms. The first kappa shape index (κ1) is 19.6. The zero-order valence-electron chi connectivity index (χ0n) is 16.4. The molecule has 1 aliphatic carbocycles. The summed E-state index contributed by atoms with van der Waals surface area (Å²) in [5.41, 5.74) is 1.95. The Morgan fingerprint density at radius 3 is 2.42 bits per heavy atom. The molecule has 5 nitrogen and oxygen atoms in total. The zero-order valence-corrected chi connectivity index (χ0v) is 18.7. The molecule has 0 unspecified atom stereocenters. The van der Waals surface area contributed by atoms with Crippen molar-refractivity contribution in [2.45, 2.75) is 51.5 Å². The van der Waals surface area contributed by atoms with Crippen LogP contribution < -0.4 is 14.8 Å². The van der Waals surface area contributed by atoms with E-state index in [0.29, 0.717) is 12.2 Å². The summed E-state index contributed by atoms with van der Waals surface area (Å²) in [4.78, 5) is 6.93. The van der Waals surface area contributed by atoms with Crippen molar-refractivity contribution in [3.8, 4) is 11.5 Å². The molecule has 2 aliphatic heterocycles. The van der Waals surface area contributed by atoms with Gasteiger partial charge in [-0.2, -0.15) is 0 Å². The number of benzene rings is 1. The molecule has 1 saturated heterocycles. The first-order valence-electron chi connectivity index (χ1n) is 9.18. The SMILES string of the molecule is CN=C(NCC1(c2ccc3c(c2)OCO3)CC1)N1CC(C)(C)C1(C)C.I. The summed E-state index contributed by atoms with van der Waals surface area (Å²) in [5.74, 6) is 2.74. The molecule has 1 saturated carbocycles. The van der Waals surface area contributed by atoms with Gasteiger partial charge in [-0.15, -0.1) is 24.0 Å².